The van der Waals surface area contributed by atoms with Crippen LogP contribution in [-0.2, 0) is 4.79 Å². The van der Waals surface area contributed by atoms with Gasteiger partial charge < -0.3 is 5.32 Å². The van der Waals surface area contributed by atoms with E-state index >= 15 is 0 Å². The molecule has 2 aromatic heterocycles. The lowest BCUT2D eigenvalue weighted by atomic mass is 10.0. The first kappa shape index (κ1) is 19.6. The molecule has 0 saturated carbocycles. The highest BCUT2D eigenvalue weighted by Gasteiger charge is 2.13. The van der Waals surface area contributed by atoms with Crippen LogP contribution in [0, 0.1) is 11.6 Å². The van der Waals surface area contributed by atoms with Gasteiger partial charge in [-0.05, 0) is 53.6 Å². The molecule has 2 heterocycles. The Morgan fingerprint density at radius 3 is 2.62 bits per heavy atom. The summed E-state index contributed by atoms with van der Waals surface area (Å²) in [7, 11) is 0. The molecule has 0 spiro atoms. The molecular formula is C24H17F2N5O. The lowest BCUT2D eigenvalue weighted by Crippen LogP contribution is -2.07. The Hall–Kier alpha value is -4.33. The van der Waals surface area contributed by atoms with Crippen LogP contribution in [0.4, 0.5) is 14.5 Å². The van der Waals surface area contributed by atoms with Crippen molar-refractivity contribution >= 4 is 22.6 Å². The number of rotatable bonds is 4. The highest BCUT2D eigenvalue weighted by molar-refractivity contribution is 5.91. The minimum Gasteiger partial charge on any atom is -0.326 e. The zero-order chi connectivity index (χ0) is 22.2. The molecule has 0 aliphatic rings. The van der Waals surface area contributed by atoms with Crippen molar-refractivity contribution in [3.05, 3.63) is 85.0 Å². The molecule has 0 atom stereocenters. The van der Waals surface area contributed by atoms with Gasteiger partial charge in [0.05, 0.1) is 17.2 Å². The predicted molar refractivity (Wildman–Crippen MR) is 118 cm³/mol. The first-order valence-corrected chi connectivity index (χ1v) is 9.83. The summed E-state index contributed by atoms with van der Waals surface area (Å²) in [6.45, 7) is 1.40. The first-order valence-electron chi connectivity index (χ1n) is 9.83. The topological polar surface area (TPSA) is 75.6 Å². The molecule has 2 N–H and O–H groups in total. The lowest BCUT2D eigenvalue weighted by molar-refractivity contribution is -0.114. The Labute approximate surface area is 181 Å². The zero-order valence-electron chi connectivity index (χ0n) is 16.9. The Kier molecular flexibility index (Phi) is 4.74. The van der Waals surface area contributed by atoms with Gasteiger partial charge in [0.15, 0.2) is 0 Å². The van der Waals surface area contributed by atoms with Crippen molar-refractivity contribution in [1.29, 1.82) is 0 Å². The van der Waals surface area contributed by atoms with Gasteiger partial charge in [0.2, 0.25) is 5.91 Å². The van der Waals surface area contributed by atoms with Crippen molar-refractivity contribution in [2.45, 2.75) is 6.92 Å². The molecule has 0 fully saturated rings. The average Bonchev–Trinajstić information content (AvgIpc) is 3.42. The SMILES string of the molecule is CC(=O)Nc1cc(-c2ccc(F)cc2F)cc(-n2cnc3cc(-c4cn[nH]c4)ccc32)c1. The quantitative estimate of drug-likeness (QED) is 0.406. The Balaban J connectivity index is 1.65. The fourth-order valence-corrected chi connectivity index (χ4v) is 3.71. The highest BCUT2D eigenvalue weighted by Crippen LogP contribution is 2.31. The second-order valence-corrected chi connectivity index (χ2v) is 7.38. The number of aromatic nitrogens is 4. The number of anilines is 1. The third-order valence-corrected chi connectivity index (χ3v) is 5.14. The number of benzene rings is 3. The summed E-state index contributed by atoms with van der Waals surface area (Å²) in [5, 5.41) is 9.52. The number of amides is 1. The van der Waals surface area contributed by atoms with Crippen LogP contribution in [0.3, 0.4) is 0 Å². The minimum atomic E-state index is -0.684. The fourth-order valence-electron chi connectivity index (χ4n) is 3.71. The number of hydrogen-bond acceptors (Lipinski definition) is 3. The van der Waals surface area contributed by atoms with Gasteiger partial charge in [-0.2, -0.15) is 5.10 Å². The molecule has 0 unspecified atom stereocenters. The van der Waals surface area contributed by atoms with Gasteiger partial charge in [-0.3, -0.25) is 14.5 Å². The molecule has 8 heteroatoms. The molecule has 5 aromatic rings. The van der Waals surface area contributed by atoms with Crippen molar-refractivity contribution in [3.8, 4) is 27.9 Å². The summed E-state index contributed by atoms with van der Waals surface area (Å²) in [6, 6.07) is 14.5. The summed E-state index contributed by atoms with van der Waals surface area (Å²) in [4.78, 5) is 16.2. The number of carbonyl (C=O) groups excluding carboxylic acids is 1. The van der Waals surface area contributed by atoms with Crippen molar-refractivity contribution in [3.63, 3.8) is 0 Å². The van der Waals surface area contributed by atoms with E-state index < -0.39 is 11.6 Å². The Morgan fingerprint density at radius 1 is 1.00 bits per heavy atom. The zero-order valence-corrected chi connectivity index (χ0v) is 16.9. The Bertz CT molecular complexity index is 1460. The fraction of sp³-hybridized carbons (Fsp3) is 0.0417. The van der Waals surface area contributed by atoms with E-state index in [9.17, 15) is 13.6 Å². The van der Waals surface area contributed by atoms with Crippen LogP contribution in [0.1, 0.15) is 6.92 Å². The van der Waals surface area contributed by atoms with E-state index in [0.29, 0.717) is 16.9 Å². The third kappa shape index (κ3) is 3.62. The average molecular weight is 429 g/mol. The van der Waals surface area contributed by atoms with Crippen LogP contribution in [0.5, 0.6) is 0 Å². The van der Waals surface area contributed by atoms with Crippen LogP contribution >= 0.6 is 0 Å². The molecular weight excluding hydrogens is 412 g/mol. The molecule has 0 saturated heterocycles. The number of imidazole rings is 1. The van der Waals surface area contributed by atoms with E-state index in [4.69, 9.17) is 0 Å². The van der Waals surface area contributed by atoms with E-state index in [1.165, 1.54) is 19.1 Å². The second-order valence-electron chi connectivity index (χ2n) is 7.38. The van der Waals surface area contributed by atoms with Crippen molar-refractivity contribution < 1.29 is 13.6 Å². The third-order valence-electron chi connectivity index (χ3n) is 5.14. The van der Waals surface area contributed by atoms with E-state index in [2.05, 4.69) is 20.5 Å². The van der Waals surface area contributed by atoms with Gasteiger partial charge >= 0.3 is 0 Å². The molecule has 0 aliphatic carbocycles. The molecule has 0 bridgehead atoms. The van der Waals surface area contributed by atoms with Crippen LogP contribution in [0.15, 0.2) is 73.3 Å². The van der Waals surface area contributed by atoms with Gasteiger partial charge in [-0.25, -0.2) is 13.8 Å². The van der Waals surface area contributed by atoms with Crippen LogP contribution in [0.2, 0.25) is 0 Å². The molecule has 0 radical (unpaired) electrons. The van der Waals surface area contributed by atoms with Crippen molar-refractivity contribution in [2.75, 3.05) is 5.32 Å². The van der Waals surface area contributed by atoms with Crippen LogP contribution in [-0.4, -0.2) is 25.7 Å². The van der Waals surface area contributed by atoms with Crippen molar-refractivity contribution in [1.82, 2.24) is 19.7 Å². The highest BCUT2D eigenvalue weighted by atomic mass is 19.1. The maximum absolute atomic E-state index is 14.5. The summed E-state index contributed by atoms with van der Waals surface area (Å²) >= 11 is 0. The smallest absolute Gasteiger partial charge is 0.221 e. The van der Waals surface area contributed by atoms with E-state index in [1.807, 2.05) is 22.8 Å². The first-order chi connectivity index (χ1) is 15.5. The standard InChI is InChI=1S/C24H17F2N5O/c1-14(32)30-19-6-16(21-4-3-18(25)9-22(21)26)7-20(10-19)31-13-27-23-8-15(2-5-24(23)31)17-11-28-29-12-17/h2-13H,1H3,(H,28,29)(H,30,32). The number of nitrogens with zero attached hydrogens (tertiary/aromatic N) is 3. The summed E-state index contributed by atoms with van der Waals surface area (Å²) in [5.74, 6) is -1.59. The lowest BCUT2D eigenvalue weighted by Gasteiger charge is -2.13. The van der Waals surface area contributed by atoms with E-state index in [0.717, 1.165) is 28.2 Å². The number of carbonyl (C=O) groups is 1. The van der Waals surface area contributed by atoms with Gasteiger partial charge in [0.1, 0.15) is 18.0 Å². The molecule has 158 valence electrons. The molecule has 0 aliphatic heterocycles. The summed E-state index contributed by atoms with van der Waals surface area (Å²) in [5.41, 5.74) is 5.41. The molecule has 1 amide bonds. The van der Waals surface area contributed by atoms with Gasteiger partial charge in [0, 0.05) is 41.7 Å². The summed E-state index contributed by atoms with van der Waals surface area (Å²) in [6.07, 6.45) is 5.21. The van der Waals surface area contributed by atoms with Crippen molar-refractivity contribution in [2.24, 2.45) is 0 Å². The van der Waals surface area contributed by atoms with Gasteiger partial charge in [-0.15, -0.1) is 0 Å². The van der Waals surface area contributed by atoms with Gasteiger partial charge in [-0.1, -0.05) is 6.07 Å². The molecule has 6 nitrogen and oxygen atoms in total. The number of fused-ring (bicyclic) bond motifs is 1. The number of nitrogens with one attached hydrogen (secondary N) is 2. The largest absolute Gasteiger partial charge is 0.326 e. The van der Waals surface area contributed by atoms with E-state index in [-0.39, 0.29) is 11.5 Å². The monoisotopic (exact) mass is 429 g/mol. The number of H-pyrrole nitrogens is 1. The van der Waals surface area contributed by atoms with Crippen LogP contribution in [0.25, 0.3) is 39.0 Å². The predicted octanol–water partition coefficient (Wildman–Crippen LogP) is 5.32. The molecule has 5 rings (SSSR count). The number of aromatic amines is 1. The van der Waals surface area contributed by atoms with E-state index in [1.54, 1.807) is 36.9 Å². The summed E-state index contributed by atoms with van der Waals surface area (Å²) < 4.78 is 29.7. The molecule has 32 heavy (non-hydrogen) atoms. The number of hydrogen-bond donors (Lipinski definition) is 2. The van der Waals surface area contributed by atoms with Gasteiger partial charge in [0.25, 0.3) is 0 Å². The normalized spacial score (nSPS) is 11.1. The molecule has 3 aromatic carbocycles. The number of halogens is 2. The second kappa shape index (κ2) is 7.73. The minimum absolute atomic E-state index is 0.228. The Morgan fingerprint density at radius 2 is 1.88 bits per heavy atom. The maximum Gasteiger partial charge on any atom is 0.221 e. The maximum atomic E-state index is 14.5. The van der Waals surface area contributed by atoms with Crippen LogP contribution < -0.4 is 5.32 Å².